The molecule has 0 bridgehead atoms. The van der Waals surface area contributed by atoms with Crippen molar-refractivity contribution in [2.75, 3.05) is 13.6 Å². The van der Waals surface area contributed by atoms with Gasteiger partial charge in [0, 0.05) is 6.04 Å². The number of hydrogen-bond acceptors (Lipinski definition) is 2. The van der Waals surface area contributed by atoms with E-state index in [9.17, 15) is 0 Å². The molecule has 0 aliphatic carbocycles. The summed E-state index contributed by atoms with van der Waals surface area (Å²) in [4.78, 5) is 0. The number of rotatable bonds is 5. The Bertz CT molecular complexity index is 71.7. The molecular formula is C8H20N2. The first-order chi connectivity index (χ1) is 4.72. The van der Waals surface area contributed by atoms with Crippen molar-refractivity contribution in [3.8, 4) is 0 Å². The molecule has 0 aromatic heterocycles. The van der Waals surface area contributed by atoms with E-state index in [1.54, 1.807) is 0 Å². The first-order valence-electron chi connectivity index (χ1n) is 4.12. The fourth-order valence-corrected chi connectivity index (χ4v) is 1.17. The first-order valence-corrected chi connectivity index (χ1v) is 4.12. The van der Waals surface area contributed by atoms with E-state index in [-0.39, 0.29) is 0 Å². The van der Waals surface area contributed by atoms with Gasteiger partial charge in [-0.25, -0.2) is 0 Å². The average molecular weight is 144 g/mol. The molecule has 0 spiro atoms. The van der Waals surface area contributed by atoms with Crippen molar-refractivity contribution in [1.82, 2.24) is 5.32 Å². The summed E-state index contributed by atoms with van der Waals surface area (Å²) in [5.74, 6) is 0.687. The third kappa shape index (κ3) is 3.85. The zero-order valence-corrected chi connectivity index (χ0v) is 7.35. The van der Waals surface area contributed by atoms with Crippen molar-refractivity contribution in [2.24, 2.45) is 11.7 Å². The SMILES string of the molecule is CCC(CCNC)C(C)N. The lowest BCUT2D eigenvalue weighted by Crippen LogP contribution is -2.28. The molecule has 0 amide bonds. The second-order valence-corrected chi connectivity index (χ2v) is 2.92. The molecule has 2 nitrogen and oxygen atoms in total. The maximum Gasteiger partial charge on any atom is 0.00391 e. The van der Waals surface area contributed by atoms with Crippen LogP contribution in [0.1, 0.15) is 26.7 Å². The van der Waals surface area contributed by atoms with Gasteiger partial charge in [0.2, 0.25) is 0 Å². The number of hydrogen-bond donors (Lipinski definition) is 2. The van der Waals surface area contributed by atoms with Crippen molar-refractivity contribution in [3.05, 3.63) is 0 Å². The highest BCUT2D eigenvalue weighted by molar-refractivity contribution is 4.67. The molecule has 0 fully saturated rings. The average Bonchev–Trinajstić information content (AvgIpc) is 1.89. The maximum absolute atomic E-state index is 5.76. The molecule has 0 rings (SSSR count). The lowest BCUT2D eigenvalue weighted by Gasteiger charge is -2.17. The molecule has 10 heavy (non-hydrogen) atoms. The van der Waals surface area contributed by atoms with Crippen LogP contribution in [0.3, 0.4) is 0 Å². The van der Waals surface area contributed by atoms with Crippen LogP contribution in [0.25, 0.3) is 0 Å². The Hall–Kier alpha value is -0.0800. The summed E-state index contributed by atoms with van der Waals surface area (Å²) in [7, 11) is 1.98. The van der Waals surface area contributed by atoms with Crippen molar-refractivity contribution in [1.29, 1.82) is 0 Å². The molecular weight excluding hydrogens is 124 g/mol. The molecule has 0 aromatic rings. The number of nitrogens with two attached hydrogens (primary N) is 1. The Kier molecular flexibility index (Phi) is 5.64. The van der Waals surface area contributed by atoms with Crippen molar-refractivity contribution >= 4 is 0 Å². The van der Waals surface area contributed by atoms with Gasteiger partial charge < -0.3 is 11.1 Å². The van der Waals surface area contributed by atoms with E-state index in [2.05, 4.69) is 19.2 Å². The lowest BCUT2D eigenvalue weighted by atomic mass is 9.95. The van der Waals surface area contributed by atoms with Crippen molar-refractivity contribution in [2.45, 2.75) is 32.7 Å². The highest BCUT2D eigenvalue weighted by Crippen LogP contribution is 2.09. The van der Waals surface area contributed by atoms with Crippen LogP contribution in [0, 0.1) is 5.92 Å². The van der Waals surface area contributed by atoms with Crippen LogP contribution in [-0.2, 0) is 0 Å². The molecule has 0 radical (unpaired) electrons. The van der Waals surface area contributed by atoms with Gasteiger partial charge in [-0.2, -0.15) is 0 Å². The quantitative estimate of drug-likeness (QED) is 0.603. The fraction of sp³-hybridized carbons (Fsp3) is 1.00. The van der Waals surface area contributed by atoms with Crippen LogP contribution in [0.15, 0.2) is 0 Å². The largest absolute Gasteiger partial charge is 0.328 e. The summed E-state index contributed by atoms with van der Waals surface area (Å²) >= 11 is 0. The molecule has 0 heterocycles. The van der Waals surface area contributed by atoms with Gasteiger partial charge in [-0.1, -0.05) is 13.3 Å². The highest BCUT2D eigenvalue weighted by Gasteiger charge is 2.09. The molecule has 62 valence electrons. The zero-order chi connectivity index (χ0) is 7.98. The van der Waals surface area contributed by atoms with Gasteiger partial charge in [-0.05, 0) is 32.9 Å². The Morgan fingerprint density at radius 3 is 2.40 bits per heavy atom. The molecule has 0 aliphatic heterocycles. The minimum Gasteiger partial charge on any atom is -0.328 e. The van der Waals surface area contributed by atoms with Crippen LogP contribution in [0.5, 0.6) is 0 Å². The Labute approximate surface area is 64.2 Å². The Morgan fingerprint density at radius 2 is 2.10 bits per heavy atom. The van der Waals surface area contributed by atoms with Gasteiger partial charge in [0.1, 0.15) is 0 Å². The van der Waals surface area contributed by atoms with Gasteiger partial charge in [0.05, 0.1) is 0 Å². The normalized spacial score (nSPS) is 16.8. The van der Waals surface area contributed by atoms with E-state index in [1.165, 1.54) is 12.8 Å². The monoisotopic (exact) mass is 144 g/mol. The molecule has 0 aliphatic rings. The molecule has 3 N–H and O–H groups in total. The van der Waals surface area contributed by atoms with Gasteiger partial charge in [-0.15, -0.1) is 0 Å². The molecule has 0 saturated carbocycles. The molecule has 2 atom stereocenters. The number of nitrogens with one attached hydrogen (secondary N) is 1. The highest BCUT2D eigenvalue weighted by atomic mass is 14.8. The van der Waals surface area contributed by atoms with Gasteiger partial charge >= 0.3 is 0 Å². The van der Waals surface area contributed by atoms with E-state index < -0.39 is 0 Å². The van der Waals surface area contributed by atoms with Crippen molar-refractivity contribution < 1.29 is 0 Å². The van der Waals surface area contributed by atoms with Crippen LogP contribution >= 0.6 is 0 Å². The van der Waals surface area contributed by atoms with Gasteiger partial charge in [0.15, 0.2) is 0 Å². The minimum atomic E-state index is 0.346. The fourth-order valence-electron chi connectivity index (χ4n) is 1.17. The smallest absolute Gasteiger partial charge is 0.00391 e. The summed E-state index contributed by atoms with van der Waals surface area (Å²) in [5.41, 5.74) is 5.76. The Morgan fingerprint density at radius 1 is 1.50 bits per heavy atom. The van der Waals surface area contributed by atoms with E-state index in [1.807, 2.05) is 7.05 Å². The molecule has 0 saturated heterocycles. The van der Waals surface area contributed by atoms with E-state index >= 15 is 0 Å². The second kappa shape index (κ2) is 5.69. The third-order valence-electron chi connectivity index (χ3n) is 2.03. The maximum atomic E-state index is 5.76. The topological polar surface area (TPSA) is 38.0 Å². The Balaban J connectivity index is 3.40. The summed E-state index contributed by atoms with van der Waals surface area (Å²) in [6.45, 7) is 5.37. The predicted octanol–water partition coefficient (Wildman–Crippen LogP) is 0.969. The molecule has 0 aromatic carbocycles. The standard InChI is InChI=1S/C8H20N2/c1-4-8(7(2)9)5-6-10-3/h7-8,10H,4-6,9H2,1-3H3. The summed E-state index contributed by atoms with van der Waals surface area (Å²) in [5, 5.41) is 3.13. The van der Waals surface area contributed by atoms with E-state index in [0.717, 1.165) is 6.54 Å². The van der Waals surface area contributed by atoms with Crippen LogP contribution in [0.2, 0.25) is 0 Å². The molecule has 2 unspecified atom stereocenters. The van der Waals surface area contributed by atoms with Gasteiger partial charge in [0.25, 0.3) is 0 Å². The van der Waals surface area contributed by atoms with E-state index in [4.69, 9.17) is 5.73 Å². The zero-order valence-electron chi connectivity index (χ0n) is 7.35. The summed E-state index contributed by atoms with van der Waals surface area (Å²) in [6.07, 6.45) is 2.39. The van der Waals surface area contributed by atoms with Crippen molar-refractivity contribution in [3.63, 3.8) is 0 Å². The second-order valence-electron chi connectivity index (χ2n) is 2.92. The molecule has 2 heteroatoms. The minimum absolute atomic E-state index is 0.346. The van der Waals surface area contributed by atoms with Crippen LogP contribution < -0.4 is 11.1 Å². The van der Waals surface area contributed by atoms with Crippen LogP contribution in [-0.4, -0.2) is 19.6 Å². The predicted molar refractivity (Wildman–Crippen MR) is 46.0 cm³/mol. The summed E-state index contributed by atoms with van der Waals surface area (Å²) < 4.78 is 0. The summed E-state index contributed by atoms with van der Waals surface area (Å²) in [6, 6.07) is 0.346. The van der Waals surface area contributed by atoms with E-state index in [0.29, 0.717) is 12.0 Å². The third-order valence-corrected chi connectivity index (χ3v) is 2.03. The first kappa shape index (κ1) is 9.92. The van der Waals surface area contributed by atoms with Crippen LogP contribution in [0.4, 0.5) is 0 Å². The lowest BCUT2D eigenvalue weighted by molar-refractivity contribution is 0.396. The van der Waals surface area contributed by atoms with Gasteiger partial charge in [-0.3, -0.25) is 0 Å².